The van der Waals surface area contributed by atoms with Crippen LogP contribution in [0, 0.1) is 3.57 Å². The summed E-state index contributed by atoms with van der Waals surface area (Å²) in [5.41, 5.74) is 3.72. The Hall–Kier alpha value is -1.46. The summed E-state index contributed by atoms with van der Waals surface area (Å²) in [6, 6.07) is 25.7. The third kappa shape index (κ3) is 2.24. The fraction of sp³-hybridized carbons (Fsp3) is 0. The molecule has 3 aromatic rings. The lowest BCUT2D eigenvalue weighted by Gasteiger charge is -2.33. The van der Waals surface area contributed by atoms with E-state index < -0.39 is 0 Å². The van der Waals surface area contributed by atoms with Crippen LogP contribution in [0.5, 0.6) is 0 Å². The van der Waals surface area contributed by atoms with Gasteiger partial charge in [-0.05, 0) is 59.0 Å². The lowest BCUT2D eigenvalue weighted by Crippen LogP contribution is -2.15. The van der Waals surface area contributed by atoms with Gasteiger partial charge in [0.2, 0.25) is 0 Å². The summed E-state index contributed by atoms with van der Waals surface area (Å²) in [5, 5.41) is 0. The summed E-state index contributed by atoms with van der Waals surface area (Å²) in [7, 11) is 0. The van der Waals surface area contributed by atoms with Crippen molar-refractivity contribution >= 4 is 51.4 Å². The third-order valence-corrected chi connectivity index (χ3v) is 5.98. The largest absolute Gasteiger partial charge is 0.308 e. The molecule has 0 aromatic heterocycles. The molecule has 0 spiro atoms. The van der Waals surface area contributed by atoms with Crippen molar-refractivity contribution in [1.29, 1.82) is 0 Å². The van der Waals surface area contributed by atoms with Crippen LogP contribution in [-0.4, -0.2) is 0 Å². The van der Waals surface area contributed by atoms with Crippen LogP contribution in [0.4, 0.5) is 17.1 Å². The molecular formula is C18H12INS. The summed E-state index contributed by atoms with van der Waals surface area (Å²) >= 11 is 4.28. The van der Waals surface area contributed by atoms with Crippen LogP contribution in [0.1, 0.15) is 0 Å². The Morgan fingerprint density at radius 3 is 2.29 bits per heavy atom. The number of anilines is 3. The van der Waals surface area contributed by atoms with Crippen molar-refractivity contribution in [2.75, 3.05) is 4.90 Å². The van der Waals surface area contributed by atoms with Gasteiger partial charge in [-0.1, -0.05) is 48.2 Å². The molecule has 21 heavy (non-hydrogen) atoms. The average Bonchev–Trinajstić information content (AvgIpc) is 2.54. The molecule has 0 saturated carbocycles. The van der Waals surface area contributed by atoms with Crippen LogP contribution in [0.3, 0.4) is 0 Å². The number of halogens is 1. The molecule has 1 nitrogen and oxygen atoms in total. The first-order chi connectivity index (χ1) is 10.3. The Morgan fingerprint density at radius 1 is 0.714 bits per heavy atom. The van der Waals surface area contributed by atoms with Gasteiger partial charge >= 0.3 is 0 Å². The van der Waals surface area contributed by atoms with Crippen molar-refractivity contribution in [2.24, 2.45) is 0 Å². The summed E-state index contributed by atoms with van der Waals surface area (Å²) in [4.78, 5) is 4.99. The fourth-order valence-electron chi connectivity index (χ4n) is 2.60. The third-order valence-electron chi connectivity index (χ3n) is 3.52. The zero-order valence-electron chi connectivity index (χ0n) is 11.2. The molecule has 0 bridgehead atoms. The van der Waals surface area contributed by atoms with Gasteiger partial charge in [0.15, 0.2) is 0 Å². The number of benzene rings is 3. The minimum absolute atomic E-state index is 1.20. The van der Waals surface area contributed by atoms with E-state index in [1.807, 2.05) is 11.8 Å². The summed E-state index contributed by atoms with van der Waals surface area (Å²) in [5.74, 6) is 0. The summed E-state index contributed by atoms with van der Waals surface area (Å²) < 4.78 is 1.30. The van der Waals surface area contributed by atoms with E-state index in [0.717, 1.165) is 0 Å². The Balaban J connectivity index is 2.00. The van der Waals surface area contributed by atoms with E-state index in [1.54, 1.807) is 0 Å². The molecule has 0 saturated heterocycles. The van der Waals surface area contributed by atoms with E-state index in [0.29, 0.717) is 0 Å². The predicted octanol–water partition coefficient (Wildman–Crippen LogP) is 6.23. The minimum Gasteiger partial charge on any atom is -0.308 e. The van der Waals surface area contributed by atoms with E-state index in [1.165, 1.54) is 30.4 Å². The second-order valence-electron chi connectivity index (χ2n) is 4.83. The molecular weight excluding hydrogens is 389 g/mol. The molecule has 3 aromatic carbocycles. The summed E-state index contributed by atoms with van der Waals surface area (Å²) in [6.45, 7) is 0. The van der Waals surface area contributed by atoms with Gasteiger partial charge in [-0.25, -0.2) is 0 Å². The molecule has 0 aliphatic carbocycles. The van der Waals surface area contributed by atoms with Crippen LogP contribution >= 0.6 is 34.4 Å². The lowest BCUT2D eigenvalue weighted by atomic mass is 10.2. The van der Waals surface area contributed by atoms with Crippen molar-refractivity contribution in [3.8, 4) is 0 Å². The highest BCUT2D eigenvalue weighted by atomic mass is 127. The van der Waals surface area contributed by atoms with Crippen molar-refractivity contribution in [2.45, 2.75) is 9.79 Å². The number of fused-ring (bicyclic) bond motifs is 2. The summed E-state index contributed by atoms with van der Waals surface area (Å²) in [6.07, 6.45) is 0. The molecule has 0 fully saturated rings. The number of para-hydroxylation sites is 2. The van der Waals surface area contributed by atoms with E-state index in [4.69, 9.17) is 0 Å². The zero-order valence-corrected chi connectivity index (χ0v) is 14.1. The van der Waals surface area contributed by atoms with Gasteiger partial charge in [0.1, 0.15) is 0 Å². The highest BCUT2D eigenvalue weighted by Gasteiger charge is 2.25. The standard InChI is InChI=1S/C18H12INS/c19-14-9-6-11-16-18(14)21-17-12-5-4-10-15(17)20(16)13-7-2-1-3-8-13/h1-12H. The normalized spacial score (nSPS) is 12.7. The van der Waals surface area contributed by atoms with Gasteiger partial charge in [-0.15, -0.1) is 0 Å². The molecule has 0 unspecified atom stereocenters. The molecule has 0 N–H and O–H groups in total. The fourth-order valence-corrected chi connectivity index (χ4v) is 4.47. The van der Waals surface area contributed by atoms with Crippen molar-refractivity contribution in [3.05, 3.63) is 76.4 Å². The number of nitrogens with zero attached hydrogens (tertiary/aromatic N) is 1. The average molecular weight is 401 g/mol. The first-order valence-corrected chi connectivity index (χ1v) is 8.65. The molecule has 3 heteroatoms. The van der Waals surface area contributed by atoms with Gasteiger partial charge in [-0.2, -0.15) is 0 Å². The van der Waals surface area contributed by atoms with Gasteiger partial charge < -0.3 is 4.90 Å². The maximum atomic E-state index is 2.42. The van der Waals surface area contributed by atoms with E-state index >= 15 is 0 Å². The highest BCUT2D eigenvalue weighted by Crippen LogP contribution is 2.52. The second-order valence-corrected chi connectivity index (χ2v) is 7.04. The van der Waals surface area contributed by atoms with Crippen molar-refractivity contribution in [1.82, 2.24) is 0 Å². The minimum atomic E-state index is 1.20. The Morgan fingerprint density at radius 2 is 1.43 bits per heavy atom. The van der Waals surface area contributed by atoms with E-state index in [2.05, 4.69) is 100 Å². The highest BCUT2D eigenvalue weighted by molar-refractivity contribution is 14.1. The lowest BCUT2D eigenvalue weighted by molar-refractivity contribution is 1.15. The Bertz CT molecular complexity index is 801. The number of hydrogen-bond acceptors (Lipinski definition) is 2. The van der Waals surface area contributed by atoms with Gasteiger partial charge in [-0.3, -0.25) is 0 Å². The molecule has 1 heterocycles. The Kier molecular flexibility index (Phi) is 3.39. The van der Waals surface area contributed by atoms with Gasteiger partial charge in [0.25, 0.3) is 0 Å². The topological polar surface area (TPSA) is 3.24 Å². The van der Waals surface area contributed by atoms with Gasteiger partial charge in [0.05, 0.1) is 11.4 Å². The number of hydrogen-bond donors (Lipinski definition) is 0. The van der Waals surface area contributed by atoms with Crippen molar-refractivity contribution in [3.63, 3.8) is 0 Å². The molecule has 4 rings (SSSR count). The molecule has 1 aliphatic rings. The SMILES string of the molecule is Ic1cccc2c1Sc1ccccc1N2c1ccccc1. The molecule has 102 valence electrons. The zero-order chi connectivity index (χ0) is 14.2. The molecule has 1 aliphatic heterocycles. The monoisotopic (exact) mass is 401 g/mol. The first-order valence-electron chi connectivity index (χ1n) is 6.75. The first kappa shape index (κ1) is 13.2. The predicted molar refractivity (Wildman–Crippen MR) is 98.0 cm³/mol. The quantitative estimate of drug-likeness (QED) is 0.348. The van der Waals surface area contributed by atoms with Crippen LogP contribution in [0.2, 0.25) is 0 Å². The maximum Gasteiger partial charge on any atom is 0.0612 e. The molecule has 0 atom stereocenters. The molecule has 0 amide bonds. The van der Waals surface area contributed by atoms with Crippen molar-refractivity contribution < 1.29 is 0 Å². The van der Waals surface area contributed by atoms with Crippen LogP contribution in [0.15, 0.2) is 82.6 Å². The second kappa shape index (κ2) is 5.39. The van der Waals surface area contributed by atoms with Gasteiger partial charge in [0, 0.05) is 19.0 Å². The number of rotatable bonds is 1. The maximum absolute atomic E-state index is 2.42. The Labute approximate surface area is 142 Å². The van der Waals surface area contributed by atoms with E-state index in [-0.39, 0.29) is 0 Å². The van der Waals surface area contributed by atoms with E-state index in [9.17, 15) is 0 Å². The van der Waals surface area contributed by atoms with Crippen LogP contribution in [0.25, 0.3) is 0 Å². The van der Waals surface area contributed by atoms with Crippen LogP contribution < -0.4 is 4.90 Å². The molecule has 0 radical (unpaired) electrons. The smallest absolute Gasteiger partial charge is 0.0612 e. The van der Waals surface area contributed by atoms with Crippen LogP contribution in [-0.2, 0) is 0 Å².